The molecule has 3 N–H and O–H groups in total. The summed E-state index contributed by atoms with van der Waals surface area (Å²) in [5.74, 6) is -0.246. The second-order valence-corrected chi connectivity index (χ2v) is 4.33. The van der Waals surface area contributed by atoms with E-state index in [-0.39, 0.29) is 5.75 Å². The van der Waals surface area contributed by atoms with Crippen molar-refractivity contribution in [2.45, 2.75) is 38.3 Å². The molecule has 2 atom stereocenters. The fourth-order valence-corrected chi connectivity index (χ4v) is 1.85. The van der Waals surface area contributed by atoms with Gasteiger partial charge >= 0.3 is 6.36 Å². The van der Waals surface area contributed by atoms with Gasteiger partial charge in [-0.1, -0.05) is 13.3 Å². The number of aliphatic hydroxyl groups excluding tert-OH is 1. The molecule has 1 aromatic rings. The molecule has 0 fully saturated rings. The zero-order valence-electron chi connectivity index (χ0n) is 11.3. The number of aliphatic hydroxyl groups is 1. The van der Waals surface area contributed by atoms with Crippen molar-refractivity contribution in [3.8, 4) is 11.5 Å². The minimum atomic E-state index is -4.77. The quantitative estimate of drug-likeness (QED) is 0.846. The first-order valence-electron chi connectivity index (χ1n) is 6.15. The average molecular weight is 293 g/mol. The van der Waals surface area contributed by atoms with Gasteiger partial charge in [-0.2, -0.15) is 0 Å². The van der Waals surface area contributed by atoms with Crippen LogP contribution in [-0.2, 0) is 0 Å². The van der Waals surface area contributed by atoms with Gasteiger partial charge in [0, 0.05) is 11.6 Å². The first kappa shape index (κ1) is 16.6. The summed E-state index contributed by atoms with van der Waals surface area (Å²) in [5.41, 5.74) is 6.32. The lowest BCUT2D eigenvalue weighted by Gasteiger charge is -2.21. The number of hydrogen-bond acceptors (Lipinski definition) is 4. The molecule has 20 heavy (non-hydrogen) atoms. The lowest BCUT2D eigenvalue weighted by molar-refractivity contribution is -0.274. The van der Waals surface area contributed by atoms with Gasteiger partial charge in [-0.3, -0.25) is 0 Å². The van der Waals surface area contributed by atoms with Crippen molar-refractivity contribution >= 4 is 0 Å². The third-order valence-electron chi connectivity index (χ3n) is 2.80. The van der Waals surface area contributed by atoms with Crippen LogP contribution in [0.1, 0.15) is 31.4 Å². The van der Waals surface area contributed by atoms with E-state index >= 15 is 0 Å². The van der Waals surface area contributed by atoms with Crippen molar-refractivity contribution in [3.63, 3.8) is 0 Å². The number of ether oxygens (including phenoxy) is 2. The fourth-order valence-electron chi connectivity index (χ4n) is 1.85. The zero-order chi connectivity index (χ0) is 15.3. The normalized spacial score (nSPS) is 14.8. The molecule has 1 aromatic carbocycles. The first-order chi connectivity index (χ1) is 9.28. The van der Waals surface area contributed by atoms with E-state index in [4.69, 9.17) is 10.5 Å². The van der Waals surface area contributed by atoms with Gasteiger partial charge in [0.1, 0.15) is 11.5 Å². The van der Waals surface area contributed by atoms with Crippen LogP contribution < -0.4 is 15.2 Å². The second kappa shape index (κ2) is 6.81. The second-order valence-electron chi connectivity index (χ2n) is 4.33. The summed E-state index contributed by atoms with van der Waals surface area (Å²) < 4.78 is 45.2. The van der Waals surface area contributed by atoms with Crippen LogP contribution >= 0.6 is 0 Å². The molecule has 7 heteroatoms. The van der Waals surface area contributed by atoms with E-state index in [0.717, 1.165) is 18.6 Å². The number of rotatable bonds is 6. The molecule has 0 saturated carbocycles. The van der Waals surface area contributed by atoms with E-state index in [1.54, 1.807) is 0 Å². The van der Waals surface area contributed by atoms with Crippen molar-refractivity contribution < 1.29 is 27.8 Å². The molecule has 0 heterocycles. The summed E-state index contributed by atoms with van der Waals surface area (Å²) in [6, 6.07) is 2.87. The molecule has 0 spiro atoms. The third kappa shape index (κ3) is 4.57. The number of methoxy groups -OCH3 is 1. The predicted molar refractivity (Wildman–Crippen MR) is 67.5 cm³/mol. The molecule has 0 bridgehead atoms. The number of nitrogens with two attached hydrogens (primary N) is 1. The van der Waals surface area contributed by atoms with Crippen molar-refractivity contribution in [1.29, 1.82) is 0 Å². The van der Waals surface area contributed by atoms with Crippen molar-refractivity contribution in [2.24, 2.45) is 5.73 Å². The Labute approximate surface area is 115 Å². The Morgan fingerprint density at radius 1 is 1.35 bits per heavy atom. The Hall–Kier alpha value is -1.47. The number of hydrogen-bond donors (Lipinski definition) is 2. The maximum atomic E-state index is 12.1. The minimum absolute atomic E-state index is 0.148. The highest BCUT2D eigenvalue weighted by atomic mass is 19.4. The smallest absolute Gasteiger partial charge is 0.496 e. The Kier molecular flexibility index (Phi) is 5.64. The summed E-state index contributed by atoms with van der Waals surface area (Å²) >= 11 is 0. The highest BCUT2D eigenvalue weighted by Gasteiger charge is 2.31. The van der Waals surface area contributed by atoms with Gasteiger partial charge in [0.05, 0.1) is 19.3 Å². The van der Waals surface area contributed by atoms with E-state index in [1.807, 2.05) is 6.92 Å². The third-order valence-corrected chi connectivity index (χ3v) is 2.80. The van der Waals surface area contributed by atoms with Crippen LogP contribution in [0.2, 0.25) is 0 Å². The van der Waals surface area contributed by atoms with E-state index in [9.17, 15) is 18.3 Å². The summed E-state index contributed by atoms with van der Waals surface area (Å²) in [6.07, 6.45) is -4.32. The molecular formula is C13H18F3NO3. The van der Waals surface area contributed by atoms with Crippen molar-refractivity contribution in [1.82, 2.24) is 0 Å². The SMILES string of the molecule is CCC[C@H](O)[C@H](N)c1ccc(OC(F)(F)F)cc1OC. The maximum absolute atomic E-state index is 12.1. The van der Waals surface area contributed by atoms with Gasteiger partial charge in [0.2, 0.25) is 0 Å². The molecular weight excluding hydrogens is 275 g/mol. The van der Waals surface area contributed by atoms with Gasteiger partial charge in [0.15, 0.2) is 0 Å². The Morgan fingerprint density at radius 3 is 2.50 bits per heavy atom. The molecule has 0 aliphatic heterocycles. The molecule has 0 radical (unpaired) electrons. The number of benzene rings is 1. The van der Waals surface area contributed by atoms with Crippen LogP contribution in [0.4, 0.5) is 13.2 Å². The average Bonchev–Trinajstić information content (AvgIpc) is 2.36. The zero-order valence-corrected chi connectivity index (χ0v) is 11.3. The summed E-state index contributed by atoms with van der Waals surface area (Å²) in [5, 5.41) is 9.86. The highest BCUT2D eigenvalue weighted by Crippen LogP contribution is 2.33. The summed E-state index contributed by atoms with van der Waals surface area (Å²) in [7, 11) is 1.31. The van der Waals surface area contributed by atoms with E-state index < -0.39 is 24.3 Å². The van der Waals surface area contributed by atoms with E-state index in [2.05, 4.69) is 4.74 Å². The monoisotopic (exact) mass is 293 g/mol. The maximum Gasteiger partial charge on any atom is 0.573 e. The van der Waals surface area contributed by atoms with Crippen LogP contribution in [-0.4, -0.2) is 24.7 Å². The van der Waals surface area contributed by atoms with Gasteiger partial charge in [0.25, 0.3) is 0 Å². The van der Waals surface area contributed by atoms with E-state index in [0.29, 0.717) is 12.0 Å². The Bertz CT molecular complexity index is 437. The lowest BCUT2D eigenvalue weighted by Crippen LogP contribution is -2.26. The van der Waals surface area contributed by atoms with E-state index in [1.165, 1.54) is 13.2 Å². The van der Waals surface area contributed by atoms with Crippen LogP contribution in [0.3, 0.4) is 0 Å². The molecule has 0 aromatic heterocycles. The molecule has 114 valence electrons. The Morgan fingerprint density at radius 2 is 2.00 bits per heavy atom. The molecule has 0 amide bonds. The lowest BCUT2D eigenvalue weighted by atomic mass is 9.98. The van der Waals surface area contributed by atoms with Crippen molar-refractivity contribution in [3.05, 3.63) is 23.8 Å². The first-order valence-corrected chi connectivity index (χ1v) is 6.15. The molecule has 0 aliphatic carbocycles. The van der Waals surface area contributed by atoms with Crippen LogP contribution in [0, 0.1) is 0 Å². The Balaban J connectivity index is 2.98. The van der Waals surface area contributed by atoms with Gasteiger partial charge < -0.3 is 20.3 Å². The largest absolute Gasteiger partial charge is 0.573 e. The van der Waals surface area contributed by atoms with Gasteiger partial charge in [-0.05, 0) is 18.6 Å². The van der Waals surface area contributed by atoms with Crippen molar-refractivity contribution in [2.75, 3.05) is 7.11 Å². The highest BCUT2D eigenvalue weighted by molar-refractivity contribution is 5.42. The molecule has 0 unspecified atom stereocenters. The number of halogens is 3. The topological polar surface area (TPSA) is 64.7 Å². The minimum Gasteiger partial charge on any atom is -0.496 e. The molecule has 0 saturated heterocycles. The van der Waals surface area contributed by atoms with Gasteiger partial charge in [-0.25, -0.2) is 0 Å². The summed E-state index contributed by atoms with van der Waals surface area (Å²) in [4.78, 5) is 0. The molecule has 4 nitrogen and oxygen atoms in total. The number of alkyl halides is 3. The van der Waals surface area contributed by atoms with Crippen LogP contribution in [0.15, 0.2) is 18.2 Å². The molecule has 1 rings (SSSR count). The van der Waals surface area contributed by atoms with Crippen LogP contribution in [0.25, 0.3) is 0 Å². The standard InChI is InChI=1S/C13H18F3NO3/c1-3-4-10(18)12(17)9-6-5-8(7-11(9)19-2)20-13(14,15)16/h5-7,10,12,18H,3-4,17H2,1-2H3/t10-,12+/m0/s1. The predicted octanol–water partition coefficient (Wildman–Crippen LogP) is 2.75. The summed E-state index contributed by atoms with van der Waals surface area (Å²) in [6.45, 7) is 1.90. The fraction of sp³-hybridized carbons (Fsp3) is 0.538. The van der Waals surface area contributed by atoms with Crippen LogP contribution in [0.5, 0.6) is 11.5 Å². The van der Waals surface area contributed by atoms with Gasteiger partial charge in [-0.15, -0.1) is 13.2 Å². The molecule has 0 aliphatic rings.